The number of halogens is 1. The molecule has 1 saturated heterocycles. The van der Waals surface area contributed by atoms with Gasteiger partial charge in [0.15, 0.2) is 0 Å². The first kappa shape index (κ1) is 14.5. The van der Waals surface area contributed by atoms with Crippen LogP contribution >= 0.6 is 11.6 Å². The molecule has 112 valence electrons. The summed E-state index contributed by atoms with van der Waals surface area (Å²) in [6, 6.07) is 5.78. The minimum atomic E-state index is 0.0837. The van der Waals surface area contributed by atoms with Crippen LogP contribution in [0.5, 0.6) is 0 Å². The van der Waals surface area contributed by atoms with Gasteiger partial charge in [0.2, 0.25) is 5.91 Å². The zero-order valence-electron chi connectivity index (χ0n) is 12.1. The maximum absolute atomic E-state index is 12.4. The van der Waals surface area contributed by atoms with E-state index >= 15 is 0 Å². The molecule has 3 nitrogen and oxygen atoms in total. The van der Waals surface area contributed by atoms with E-state index in [0.29, 0.717) is 5.02 Å². The fourth-order valence-corrected chi connectivity index (χ4v) is 3.28. The zero-order chi connectivity index (χ0) is 14.7. The molecule has 0 spiro atoms. The second-order valence-electron chi connectivity index (χ2n) is 5.83. The maximum atomic E-state index is 12.4. The van der Waals surface area contributed by atoms with E-state index in [4.69, 9.17) is 11.6 Å². The van der Waals surface area contributed by atoms with E-state index < -0.39 is 0 Å². The van der Waals surface area contributed by atoms with E-state index in [1.807, 2.05) is 18.2 Å². The van der Waals surface area contributed by atoms with Crippen molar-refractivity contribution in [2.24, 2.45) is 5.92 Å². The van der Waals surface area contributed by atoms with Crippen LogP contribution in [0, 0.1) is 5.92 Å². The number of nitrogens with one attached hydrogen (secondary N) is 1. The summed E-state index contributed by atoms with van der Waals surface area (Å²) in [5.74, 6) is 0.197. The number of allylic oxidation sites excluding steroid dienone is 2. The molecule has 0 bridgehead atoms. The van der Waals surface area contributed by atoms with Crippen LogP contribution in [0.3, 0.4) is 0 Å². The van der Waals surface area contributed by atoms with Crippen molar-refractivity contribution in [1.82, 2.24) is 0 Å². The molecule has 1 atom stereocenters. The highest BCUT2D eigenvalue weighted by molar-refractivity contribution is 6.31. The number of amides is 1. The van der Waals surface area contributed by atoms with Crippen molar-refractivity contribution in [1.29, 1.82) is 0 Å². The number of hydrogen-bond acceptors (Lipinski definition) is 2. The van der Waals surface area contributed by atoms with Gasteiger partial charge in [-0.1, -0.05) is 23.8 Å². The Morgan fingerprint density at radius 1 is 1.24 bits per heavy atom. The molecule has 0 unspecified atom stereocenters. The minimum Gasteiger partial charge on any atom is -0.370 e. The Kier molecular flexibility index (Phi) is 4.49. The molecule has 1 heterocycles. The van der Waals surface area contributed by atoms with Gasteiger partial charge in [-0.25, -0.2) is 0 Å². The number of anilines is 2. The molecule has 1 aromatic carbocycles. The smallest absolute Gasteiger partial charge is 0.227 e. The van der Waals surface area contributed by atoms with Crippen LogP contribution < -0.4 is 10.2 Å². The van der Waals surface area contributed by atoms with Crippen molar-refractivity contribution in [3.63, 3.8) is 0 Å². The zero-order valence-corrected chi connectivity index (χ0v) is 12.9. The molecule has 1 aliphatic heterocycles. The van der Waals surface area contributed by atoms with Gasteiger partial charge in [-0.05, 0) is 50.3 Å². The van der Waals surface area contributed by atoms with Crippen LogP contribution in [0.15, 0.2) is 30.4 Å². The summed E-state index contributed by atoms with van der Waals surface area (Å²) in [4.78, 5) is 14.8. The van der Waals surface area contributed by atoms with Gasteiger partial charge >= 0.3 is 0 Å². The van der Waals surface area contributed by atoms with Gasteiger partial charge in [0.1, 0.15) is 0 Å². The standard InChI is InChI=1S/C17H21ClN2O/c18-14-8-9-16(20-10-4-5-11-20)15(12-14)19-17(21)13-6-2-1-3-7-13/h1-2,8-9,12-13H,3-7,10-11H2,(H,19,21)/t13-/m0/s1. The average Bonchev–Trinajstić information content (AvgIpc) is 3.02. The van der Waals surface area contributed by atoms with Crippen molar-refractivity contribution >= 4 is 28.9 Å². The fourth-order valence-electron chi connectivity index (χ4n) is 3.11. The van der Waals surface area contributed by atoms with Crippen molar-refractivity contribution in [2.45, 2.75) is 32.1 Å². The molecule has 1 aromatic rings. The summed E-state index contributed by atoms with van der Waals surface area (Å²) in [5.41, 5.74) is 1.94. The molecule has 3 rings (SSSR count). The van der Waals surface area contributed by atoms with Crippen LogP contribution in [0.2, 0.25) is 5.02 Å². The molecule has 2 aliphatic rings. The number of hydrogen-bond donors (Lipinski definition) is 1. The third-order valence-corrected chi connectivity index (χ3v) is 4.54. The minimum absolute atomic E-state index is 0.0837. The summed E-state index contributed by atoms with van der Waals surface area (Å²) >= 11 is 6.11. The van der Waals surface area contributed by atoms with Crippen molar-refractivity contribution in [2.75, 3.05) is 23.3 Å². The molecule has 0 radical (unpaired) electrons. The lowest BCUT2D eigenvalue weighted by Crippen LogP contribution is -2.26. The second kappa shape index (κ2) is 6.52. The van der Waals surface area contributed by atoms with Crippen LogP contribution in [-0.4, -0.2) is 19.0 Å². The summed E-state index contributed by atoms with van der Waals surface area (Å²) in [5, 5.41) is 3.76. The highest BCUT2D eigenvalue weighted by Crippen LogP contribution is 2.32. The van der Waals surface area contributed by atoms with Gasteiger partial charge in [0, 0.05) is 24.0 Å². The van der Waals surface area contributed by atoms with Crippen LogP contribution in [-0.2, 0) is 4.79 Å². The SMILES string of the molecule is O=C(Nc1cc(Cl)ccc1N1CCCC1)[C@H]1CC=CCC1. The Balaban J connectivity index is 1.78. The fraction of sp³-hybridized carbons (Fsp3) is 0.471. The highest BCUT2D eigenvalue weighted by Gasteiger charge is 2.22. The number of carbonyl (C=O) groups excluding carboxylic acids is 1. The first-order valence-electron chi connectivity index (χ1n) is 7.74. The van der Waals surface area contributed by atoms with Gasteiger partial charge in [0.25, 0.3) is 0 Å². The van der Waals surface area contributed by atoms with E-state index in [0.717, 1.165) is 43.7 Å². The molecule has 4 heteroatoms. The van der Waals surface area contributed by atoms with Gasteiger partial charge in [-0.3, -0.25) is 4.79 Å². The molecule has 1 aliphatic carbocycles. The average molecular weight is 305 g/mol. The second-order valence-corrected chi connectivity index (χ2v) is 6.26. The predicted molar refractivity (Wildman–Crippen MR) is 88.0 cm³/mol. The Hall–Kier alpha value is -1.48. The molecular formula is C17H21ClN2O. The normalized spacial score (nSPS) is 21.6. The molecule has 1 fully saturated rings. The molecule has 1 N–H and O–H groups in total. The lowest BCUT2D eigenvalue weighted by Gasteiger charge is -2.23. The summed E-state index contributed by atoms with van der Waals surface area (Å²) in [6.07, 6.45) is 9.44. The van der Waals surface area contributed by atoms with Crippen LogP contribution in [0.4, 0.5) is 11.4 Å². The summed E-state index contributed by atoms with van der Waals surface area (Å²) in [7, 11) is 0. The van der Waals surface area contributed by atoms with Crippen molar-refractivity contribution in [3.8, 4) is 0 Å². The lowest BCUT2D eigenvalue weighted by molar-refractivity contribution is -0.120. The number of nitrogens with zero attached hydrogens (tertiary/aromatic N) is 1. The third-order valence-electron chi connectivity index (χ3n) is 4.30. The summed E-state index contributed by atoms with van der Waals surface area (Å²) < 4.78 is 0. The van der Waals surface area contributed by atoms with E-state index in [9.17, 15) is 4.79 Å². The first-order valence-corrected chi connectivity index (χ1v) is 8.12. The molecule has 1 amide bonds. The highest BCUT2D eigenvalue weighted by atomic mass is 35.5. The molecular weight excluding hydrogens is 284 g/mol. The lowest BCUT2D eigenvalue weighted by atomic mass is 9.93. The first-order chi connectivity index (χ1) is 10.2. The van der Waals surface area contributed by atoms with Crippen LogP contribution in [0.1, 0.15) is 32.1 Å². The van der Waals surface area contributed by atoms with Gasteiger partial charge in [-0.2, -0.15) is 0 Å². The Labute approximate surface area is 131 Å². The Bertz CT molecular complexity index is 550. The van der Waals surface area contributed by atoms with E-state index in [1.165, 1.54) is 12.8 Å². The monoisotopic (exact) mass is 304 g/mol. The number of carbonyl (C=O) groups is 1. The van der Waals surface area contributed by atoms with Gasteiger partial charge in [0.05, 0.1) is 11.4 Å². The van der Waals surface area contributed by atoms with Gasteiger partial charge < -0.3 is 10.2 Å². The molecule has 0 aromatic heterocycles. The Morgan fingerprint density at radius 3 is 2.76 bits per heavy atom. The van der Waals surface area contributed by atoms with Crippen LogP contribution in [0.25, 0.3) is 0 Å². The third kappa shape index (κ3) is 3.41. The number of rotatable bonds is 3. The molecule has 0 saturated carbocycles. The van der Waals surface area contributed by atoms with Gasteiger partial charge in [-0.15, -0.1) is 0 Å². The largest absolute Gasteiger partial charge is 0.370 e. The summed E-state index contributed by atoms with van der Waals surface area (Å²) in [6.45, 7) is 2.10. The van der Waals surface area contributed by atoms with Crippen molar-refractivity contribution in [3.05, 3.63) is 35.4 Å². The maximum Gasteiger partial charge on any atom is 0.227 e. The topological polar surface area (TPSA) is 32.3 Å². The quantitative estimate of drug-likeness (QED) is 0.847. The molecule has 21 heavy (non-hydrogen) atoms. The number of benzene rings is 1. The predicted octanol–water partition coefficient (Wildman–Crippen LogP) is 4.24. The van der Waals surface area contributed by atoms with E-state index in [-0.39, 0.29) is 11.8 Å². The Morgan fingerprint density at radius 2 is 2.05 bits per heavy atom. The van der Waals surface area contributed by atoms with E-state index in [1.54, 1.807) is 0 Å². The van der Waals surface area contributed by atoms with Crippen molar-refractivity contribution < 1.29 is 4.79 Å². The van der Waals surface area contributed by atoms with E-state index in [2.05, 4.69) is 22.4 Å².